The fourth-order valence-electron chi connectivity index (χ4n) is 4.23. The maximum Gasteiger partial charge on any atom is 0.262 e. The van der Waals surface area contributed by atoms with E-state index in [1.54, 1.807) is 12.1 Å². The molecule has 3 N–H and O–H groups in total. The maximum absolute atomic E-state index is 12.8. The zero-order chi connectivity index (χ0) is 24.6. The van der Waals surface area contributed by atoms with Gasteiger partial charge in [0.1, 0.15) is 5.84 Å². The highest BCUT2D eigenvalue weighted by Crippen LogP contribution is 2.18. The highest BCUT2D eigenvalue weighted by molar-refractivity contribution is 7.90. The van der Waals surface area contributed by atoms with Gasteiger partial charge in [-0.15, -0.1) is 0 Å². The molecule has 1 unspecified atom stereocenters. The van der Waals surface area contributed by atoms with Crippen molar-refractivity contribution in [3.05, 3.63) is 24.3 Å². The number of amidine groups is 1. The SMILES string of the molecule is CC(C)C(=O)NCC1CCCN(CC(=O)Nc2cccc(S(=O)(=O)NC3=NCCCCC3)c2)C1. The predicted molar refractivity (Wildman–Crippen MR) is 133 cm³/mol. The first-order valence-electron chi connectivity index (χ1n) is 12.2. The zero-order valence-electron chi connectivity index (χ0n) is 20.2. The molecule has 10 heteroatoms. The lowest BCUT2D eigenvalue weighted by Crippen LogP contribution is -2.44. The topological polar surface area (TPSA) is 120 Å². The van der Waals surface area contributed by atoms with Crippen molar-refractivity contribution in [3.8, 4) is 0 Å². The van der Waals surface area contributed by atoms with Gasteiger partial charge in [0.15, 0.2) is 0 Å². The van der Waals surface area contributed by atoms with Gasteiger partial charge in [-0.25, -0.2) is 8.42 Å². The molecule has 0 spiro atoms. The fourth-order valence-corrected chi connectivity index (χ4v) is 5.36. The van der Waals surface area contributed by atoms with Gasteiger partial charge in [-0.2, -0.15) is 0 Å². The monoisotopic (exact) mass is 491 g/mol. The van der Waals surface area contributed by atoms with E-state index in [2.05, 4.69) is 25.2 Å². The summed E-state index contributed by atoms with van der Waals surface area (Å²) in [5, 5.41) is 5.80. The van der Waals surface area contributed by atoms with Gasteiger partial charge in [-0.3, -0.25) is 24.2 Å². The van der Waals surface area contributed by atoms with Gasteiger partial charge in [-0.05, 0) is 56.3 Å². The summed E-state index contributed by atoms with van der Waals surface area (Å²) in [4.78, 5) is 31.0. The fraction of sp³-hybridized carbons (Fsp3) is 0.625. The summed E-state index contributed by atoms with van der Waals surface area (Å²) < 4.78 is 28.2. The van der Waals surface area contributed by atoms with E-state index in [1.165, 1.54) is 12.1 Å². The Morgan fingerprint density at radius 1 is 1.18 bits per heavy atom. The summed E-state index contributed by atoms with van der Waals surface area (Å²) >= 11 is 0. The van der Waals surface area contributed by atoms with Crippen LogP contribution in [0.15, 0.2) is 34.2 Å². The van der Waals surface area contributed by atoms with Crippen molar-refractivity contribution in [1.29, 1.82) is 0 Å². The van der Waals surface area contributed by atoms with E-state index < -0.39 is 10.0 Å². The third-order valence-corrected chi connectivity index (χ3v) is 7.49. The van der Waals surface area contributed by atoms with E-state index in [0.29, 0.717) is 37.0 Å². The summed E-state index contributed by atoms with van der Waals surface area (Å²) in [5.74, 6) is 0.625. The van der Waals surface area contributed by atoms with Crippen LogP contribution in [0.3, 0.4) is 0 Å². The van der Waals surface area contributed by atoms with E-state index in [4.69, 9.17) is 0 Å². The molecule has 1 aromatic rings. The van der Waals surface area contributed by atoms with E-state index in [1.807, 2.05) is 13.8 Å². The van der Waals surface area contributed by atoms with Gasteiger partial charge in [0.25, 0.3) is 10.0 Å². The number of hydrogen-bond donors (Lipinski definition) is 3. The maximum atomic E-state index is 12.8. The number of aliphatic imine (C=N–C) groups is 1. The van der Waals surface area contributed by atoms with Crippen molar-refractivity contribution in [2.75, 3.05) is 38.0 Å². The smallest absolute Gasteiger partial charge is 0.262 e. The number of benzene rings is 1. The molecule has 2 aliphatic rings. The molecule has 3 rings (SSSR count). The molecule has 1 fully saturated rings. The van der Waals surface area contributed by atoms with Crippen LogP contribution in [-0.2, 0) is 19.6 Å². The number of likely N-dealkylation sites (tertiary alicyclic amines) is 1. The van der Waals surface area contributed by atoms with Gasteiger partial charge >= 0.3 is 0 Å². The van der Waals surface area contributed by atoms with Gasteiger partial charge in [0.05, 0.1) is 11.4 Å². The van der Waals surface area contributed by atoms with Crippen molar-refractivity contribution in [2.24, 2.45) is 16.8 Å². The van der Waals surface area contributed by atoms with Crippen molar-refractivity contribution in [1.82, 2.24) is 14.9 Å². The Bertz CT molecular complexity index is 993. The van der Waals surface area contributed by atoms with Crippen LogP contribution in [0.4, 0.5) is 5.69 Å². The minimum atomic E-state index is -3.77. The van der Waals surface area contributed by atoms with Gasteiger partial charge < -0.3 is 10.6 Å². The highest BCUT2D eigenvalue weighted by atomic mass is 32.2. The molecule has 0 bridgehead atoms. The largest absolute Gasteiger partial charge is 0.356 e. The Morgan fingerprint density at radius 2 is 2.00 bits per heavy atom. The number of piperidine rings is 1. The number of carbonyl (C=O) groups is 2. The van der Waals surface area contributed by atoms with Crippen molar-refractivity contribution in [3.63, 3.8) is 0 Å². The number of hydrogen-bond acceptors (Lipinski definition) is 6. The van der Waals surface area contributed by atoms with Crippen molar-refractivity contribution >= 4 is 33.4 Å². The molecule has 2 heterocycles. The summed E-state index contributed by atoms with van der Waals surface area (Å²) in [5.41, 5.74) is 0.438. The van der Waals surface area contributed by atoms with Crippen LogP contribution in [-0.4, -0.2) is 63.7 Å². The number of anilines is 1. The first kappa shape index (κ1) is 26.2. The Labute approximate surface area is 202 Å². The van der Waals surface area contributed by atoms with E-state index in [-0.39, 0.29) is 29.2 Å². The van der Waals surface area contributed by atoms with Crippen molar-refractivity contribution in [2.45, 2.75) is 57.3 Å². The molecule has 1 atom stereocenters. The predicted octanol–water partition coefficient (Wildman–Crippen LogP) is 2.36. The Hall–Kier alpha value is -2.46. The van der Waals surface area contributed by atoms with Crippen LogP contribution < -0.4 is 15.4 Å². The molecule has 1 saturated heterocycles. The van der Waals surface area contributed by atoms with Crippen LogP contribution in [0.25, 0.3) is 0 Å². The normalized spacial score (nSPS) is 19.7. The zero-order valence-corrected chi connectivity index (χ0v) is 21.0. The molecule has 0 saturated carbocycles. The van der Waals surface area contributed by atoms with Gasteiger partial charge in [-0.1, -0.05) is 26.3 Å². The number of amides is 2. The molecular formula is C24H37N5O4S. The molecule has 0 aliphatic carbocycles. The summed E-state index contributed by atoms with van der Waals surface area (Å²) in [6.07, 6.45) is 5.54. The molecule has 0 aromatic heterocycles. The second-order valence-corrected chi connectivity index (χ2v) is 11.1. The van der Waals surface area contributed by atoms with E-state index >= 15 is 0 Å². The average Bonchev–Trinajstić information content (AvgIpc) is 3.06. The standard InChI is InChI=1S/C24H37N5O4S/c1-18(2)24(31)26-15-19-8-7-13-29(16-19)17-23(30)27-20-9-6-10-21(14-20)34(32,33)28-22-11-4-3-5-12-25-22/h6,9-10,14,18-19H,3-5,7-8,11-13,15-17H2,1-2H3,(H,25,28)(H,26,31)(H,27,30). The second kappa shape index (κ2) is 12.3. The lowest BCUT2D eigenvalue weighted by Gasteiger charge is -2.32. The average molecular weight is 492 g/mol. The first-order chi connectivity index (χ1) is 16.2. The van der Waals surface area contributed by atoms with Gasteiger partial charge in [0.2, 0.25) is 11.8 Å². The Kier molecular flexibility index (Phi) is 9.46. The van der Waals surface area contributed by atoms with Crippen LogP contribution in [0, 0.1) is 11.8 Å². The van der Waals surface area contributed by atoms with Crippen LogP contribution >= 0.6 is 0 Å². The number of rotatable bonds is 8. The summed E-state index contributed by atoms with van der Waals surface area (Å²) in [6, 6.07) is 6.28. The highest BCUT2D eigenvalue weighted by Gasteiger charge is 2.23. The van der Waals surface area contributed by atoms with E-state index in [0.717, 1.165) is 45.2 Å². The first-order valence-corrected chi connectivity index (χ1v) is 13.7. The molecule has 34 heavy (non-hydrogen) atoms. The molecular weight excluding hydrogens is 454 g/mol. The summed E-state index contributed by atoms with van der Waals surface area (Å²) in [7, 11) is -3.77. The lowest BCUT2D eigenvalue weighted by molar-refractivity contribution is -0.124. The Balaban J connectivity index is 1.53. The number of nitrogens with one attached hydrogen (secondary N) is 3. The third kappa shape index (κ3) is 8.09. The third-order valence-electron chi connectivity index (χ3n) is 6.11. The minimum Gasteiger partial charge on any atom is -0.356 e. The second-order valence-electron chi connectivity index (χ2n) is 9.46. The van der Waals surface area contributed by atoms with E-state index in [9.17, 15) is 18.0 Å². The molecule has 0 radical (unpaired) electrons. The summed E-state index contributed by atoms with van der Waals surface area (Å²) in [6.45, 7) is 6.78. The Morgan fingerprint density at radius 3 is 2.79 bits per heavy atom. The molecule has 2 amide bonds. The number of sulfonamides is 1. The number of carbonyl (C=O) groups excluding carboxylic acids is 2. The van der Waals surface area contributed by atoms with Crippen LogP contribution in [0.1, 0.15) is 52.4 Å². The quantitative estimate of drug-likeness (QED) is 0.516. The van der Waals surface area contributed by atoms with Crippen LogP contribution in [0.5, 0.6) is 0 Å². The molecule has 2 aliphatic heterocycles. The minimum absolute atomic E-state index is 0.0413. The molecule has 9 nitrogen and oxygen atoms in total. The molecule has 188 valence electrons. The van der Waals surface area contributed by atoms with Gasteiger partial charge in [0, 0.05) is 37.7 Å². The lowest BCUT2D eigenvalue weighted by atomic mass is 9.97. The van der Waals surface area contributed by atoms with Crippen LogP contribution in [0.2, 0.25) is 0 Å². The van der Waals surface area contributed by atoms with Crippen molar-refractivity contribution < 1.29 is 18.0 Å². The molecule has 1 aromatic carbocycles. The number of nitrogens with zero attached hydrogens (tertiary/aromatic N) is 2.